The van der Waals surface area contributed by atoms with E-state index in [2.05, 4.69) is 9.46 Å². The minimum Gasteiger partial charge on any atom is -0.465 e. The second-order valence-electron chi connectivity index (χ2n) is 4.15. The highest BCUT2D eigenvalue weighted by atomic mass is 35.5. The second-order valence-corrected chi connectivity index (χ2v) is 5.89. The van der Waals surface area contributed by atoms with Gasteiger partial charge in [-0.15, -0.1) is 12.4 Å². The lowest BCUT2D eigenvalue weighted by atomic mass is 10.2. The van der Waals surface area contributed by atoms with Gasteiger partial charge in [0.05, 0.1) is 17.6 Å². The summed E-state index contributed by atoms with van der Waals surface area (Å²) >= 11 is 0. The third-order valence-corrected chi connectivity index (χ3v) is 3.99. The van der Waals surface area contributed by atoms with Crippen molar-refractivity contribution in [1.82, 2.24) is 4.72 Å². The van der Waals surface area contributed by atoms with Crippen LogP contribution in [0.2, 0.25) is 0 Å². The SMILES string of the molecule is COC(=O)c1ccccc1S(=O)(=O)NCCC(C)N.Cl. The molecule has 0 aliphatic rings. The Hall–Kier alpha value is -1.15. The smallest absolute Gasteiger partial charge is 0.339 e. The van der Waals surface area contributed by atoms with Crippen LogP contribution in [-0.2, 0) is 14.8 Å². The van der Waals surface area contributed by atoms with Crippen molar-refractivity contribution in [3.05, 3.63) is 29.8 Å². The van der Waals surface area contributed by atoms with Gasteiger partial charge in [0.2, 0.25) is 10.0 Å². The number of hydrogen-bond acceptors (Lipinski definition) is 5. The minimum absolute atomic E-state index is 0. The average molecular weight is 323 g/mol. The van der Waals surface area contributed by atoms with Crippen LogP contribution in [0.1, 0.15) is 23.7 Å². The number of ether oxygens (including phenoxy) is 1. The zero-order chi connectivity index (χ0) is 14.5. The summed E-state index contributed by atoms with van der Waals surface area (Å²) in [6, 6.07) is 5.80. The van der Waals surface area contributed by atoms with Gasteiger partial charge in [-0.1, -0.05) is 12.1 Å². The number of hydrogen-bond donors (Lipinski definition) is 2. The van der Waals surface area contributed by atoms with Crippen LogP contribution in [0, 0.1) is 0 Å². The van der Waals surface area contributed by atoms with Gasteiger partial charge in [-0.25, -0.2) is 17.9 Å². The van der Waals surface area contributed by atoms with Crippen LogP contribution in [0.25, 0.3) is 0 Å². The molecule has 1 atom stereocenters. The highest BCUT2D eigenvalue weighted by Crippen LogP contribution is 2.16. The van der Waals surface area contributed by atoms with Crippen LogP contribution in [0.5, 0.6) is 0 Å². The predicted molar refractivity (Wildman–Crippen MR) is 78.5 cm³/mol. The summed E-state index contributed by atoms with van der Waals surface area (Å²) < 4.78 is 31.2. The van der Waals surface area contributed by atoms with Crippen molar-refractivity contribution in [3.8, 4) is 0 Å². The zero-order valence-corrected chi connectivity index (χ0v) is 13.0. The minimum atomic E-state index is -3.75. The first-order valence-electron chi connectivity index (χ1n) is 5.81. The van der Waals surface area contributed by atoms with Crippen LogP contribution in [0.15, 0.2) is 29.2 Å². The van der Waals surface area contributed by atoms with Crippen LogP contribution in [0.4, 0.5) is 0 Å². The predicted octanol–water partition coefficient (Wildman–Crippen LogP) is 0.911. The Morgan fingerprint density at radius 1 is 1.40 bits per heavy atom. The van der Waals surface area contributed by atoms with Gasteiger partial charge in [-0.05, 0) is 25.5 Å². The molecule has 1 unspecified atom stereocenters. The zero-order valence-electron chi connectivity index (χ0n) is 11.3. The Bertz CT molecular complexity index is 546. The molecule has 0 aliphatic carbocycles. The van der Waals surface area contributed by atoms with E-state index >= 15 is 0 Å². The van der Waals surface area contributed by atoms with Gasteiger partial charge in [0.15, 0.2) is 0 Å². The molecule has 0 bridgehead atoms. The molecule has 0 amide bonds. The van der Waals surface area contributed by atoms with Gasteiger partial charge >= 0.3 is 5.97 Å². The van der Waals surface area contributed by atoms with E-state index < -0.39 is 16.0 Å². The van der Waals surface area contributed by atoms with Crippen molar-refractivity contribution in [2.24, 2.45) is 5.73 Å². The lowest BCUT2D eigenvalue weighted by Crippen LogP contribution is -2.30. The number of esters is 1. The summed E-state index contributed by atoms with van der Waals surface area (Å²) in [5.74, 6) is -0.687. The molecule has 1 rings (SSSR count). The van der Waals surface area contributed by atoms with E-state index in [1.165, 1.54) is 19.2 Å². The number of benzene rings is 1. The first-order valence-corrected chi connectivity index (χ1v) is 7.29. The monoisotopic (exact) mass is 322 g/mol. The number of nitrogens with one attached hydrogen (secondary N) is 1. The van der Waals surface area contributed by atoms with Crippen molar-refractivity contribution >= 4 is 28.4 Å². The van der Waals surface area contributed by atoms with Crippen molar-refractivity contribution in [3.63, 3.8) is 0 Å². The maximum atomic E-state index is 12.1. The summed E-state index contributed by atoms with van der Waals surface area (Å²) in [4.78, 5) is 11.4. The van der Waals surface area contributed by atoms with E-state index in [0.717, 1.165) is 0 Å². The molecule has 3 N–H and O–H groups in total. The number of sulfonamides is 1. The van der Waals surface area contributed by atoms with Crippen molar-refractivity contribution in [1.29, 1.82) is 0 Å². The Morgan fingerprint density at radius 2 is 2.00 bits per heavy atom. The molecule has 1 aromatic rings. The topological polar surface area (TPSA) is 98.5 Å². The van der Waals surface area contributed by atoms with E-state index in [1.807, 2.05) is 0 Å². The highest BCUT2D eigenvalue weighted by Gasteiger charge is 2.22. The first-order chi connectivity index (χ1) is 8.88. The fourth-order valence-corrected chi connectivity index (χ4v) is 2.72. The molecule has 0 radical (unpaired) electrons. The van der Waals surface area contributed by atoms with Crippen LogP contribution in [0.3, 0.4) is 0 Å². The van der Waals surface area contributed by atoms with Crippen LogP contribution < -0.4 is 10.5 Å². The number of carbonyl (C=O) groups excluding carboxylic acids is 1. The molecule has 0 heterocycles. The number of methoxy groups -OCH3 is 1. The lowest BCUT2D eigenvalue weighted by Gasteiger charge is -2.11. The highest BCUT2D eigenvalue weighted by molar-refractivity contribution is 7.89. The van der Waals surface area contributed by atoms with Crippen LogP contribution in [-0.4, -0.2) is 34.1 Å². The number of rotatable bonds is 6. The van der Waals surface area contributed by atoms with E-state index in [9.17, 15) is 13.2 Å². The maximum absolute atomic E-state index is 12.1. The summed E-state index contributed by atoms with van der Waals surface area (Å²) in [5.41, 5.74) is 5.56. The van der Waals surface area contributed by atoms with Crippen molar-refractivity contribution < 1.29 is 17.9 Å². The second kappa shape index (κ2) is 8.21. The molecule has 1 aromatic carbocycles. The van der Waals surface area contributed by atoms with Crippen molar-refractivity contribution in [2.75, 3.05) is 13.7 Å². The largest absolute Gasteiger partial charge is 0.465 e. The average Bonchev–Trinajstić information content (AvgIpc) is 2.37. The Morgan fingerprint density at radius 3 is 2.55 bits per heavy atom. The van der Waals surface area contributed by atoms with Gasteiger partial charge < -0.3 is 10.5 Å². The molecule has 0 saturated heterocycles. The van der Waals surface area contributed by atoms with Gasteiger partial charge in [0.25, 0.3) is 0 Å². The molecule has 20 heavy (non-hydrogen) atoms. The molecule has 0 aliphatic heterocycles. The lowest BCUT2D eigenvalue weighted by molar-refractivity contribution is 0.0596. The van der Waals surface area contributed by atoms with Gasteiger partial charge in [-0.3, -0.25) is 0 Å². The first kappa shape index (κ1) is 18.9. The molecule has 114 valence electrons. The fourth-order valence-electron chi connectivity index (χ4n) is 1.48. The quantitative estimate of drug-likeness (QED) is 0.758. The summed E-state index contributed by atoms with van der Waals surface area (Å²) in [6.45, 7) is 2.01. The maximum Gasteiger partial charge on any atom is 0.339 e. The molecule has 0 spiro atoms. The van der Waals surface area contributed by atoms with Crippen molar-refractivity contribution in [2.45, 2.75) is 24.3 Å². The molecule has 0 fully saturated rings. The van der Waals surface area contributed by atoms with Gasteiger partial charge in [0, 0.05) is 12.6 Å². The Kier molecular flexibility index (Phi) is 7.74. The third-order valence-electron chi connectivity index (χ3n) is 2.47. The normalized spacial score (nSPS) is 12.3. The summed E-state index contributed by atoms with van der Waals surface area (Å²) in [7, 11) is -2.54. The van der Waals surface area contributed by atoms with E-state index in [4.69, 9.17) is 5.73 Å². The van der Waals surface area contributed by atoms with Gasteiger partial charge in [-0.2, -0.15) is 0 Å². The number of nitrogens with two attached hydrogens (primary N) is 1. The summed E-state index contributed by atoms with van der Waals surface area (Å²) in [5, 5.41) is 0. The molecule has 0 saturated carbocycles. The molecule has 8 heteroatoms. The van der Waals surface area contributed by atoms with E-state index in [0.29, 0.717) is 6.42 Å². The molecular weight excluding hydrogens is 304 g/mol. The van der Waals surface area contributed by atoms with Crippen LogP contribution >= 0.6 is 12.4 Å². The number of halogens is 1. The molecular formula is C12H19ClN2O4S. The Balaban J connectivity index is 0.00000361. The van der Waals surface area contributed by atoms with Gasteiger partial charge in [0.1, 0.15) is 0 Å². The molecule has 0 aromatic heterocycles. The molecule has 6 nitrogen and oxygen atoms in total. The standard InChI is InChI=1S/C12H18N2O4S.ClH/c1-9(13)7-8-14-19(16,17)11-6-4-3-5-10(11)12(15)18-2;/h3-6,9,14H,7-8,13H2,1-2H3;1H. The van der Waals surface area contributed by atoms with E-state index in [1.54, 1.807) is 19.1 Å². The van der Waals surface area contributed by atoms with E-state index in [-0.39, 0.29) is 35.5 Å². The fraction of sp³-hybridized carbons (Fsp3) is 0.417. The Labute approximate surface area is 125 Å². The summed E-state index contributed by atoms with van der Waals surface area (Å²) in [6.07, 6.45) is 0.514. The number of carbonyl (C=O) groups is 1. The third kappa shape index (κ3) is 5.09.